The van der Waals surface area contributed by atoms with E-state index in [1.807, 2.05) is 0 Å². The molecule has 162 valence electrons. The second kappa shape index (κ2) is 9.32. The van der Waals surface area contributed by atoms with Crippen molar-refractivity contribution >= 4 is 38.9 Å². The van der Waals surface area contributed by atoms with Gasteiger partial charge in [-0.05, 0) is 73.2 Å². The van der Waals surface area contributed by atoms with Gasteiger partial charge in [-0.2, -0.15) is 0 Å². The van der Waals surface area contributed by atoms with E-state index in [9.17, 15) is 22.0 Å². The molecule has 0 bridgehead atoms. The Hall–Kier alpha value is -3.17. The van der Waals surface area contributed by atoms with Gasteiger partial charge in [0.15, 0.2) is 6.61 Å². The van der Waals surface area contributed by atoms with Crippen molar-refractivity contribution in [2.24, 2.45) is 0 Å². The number of halogens is 3. The second-order valence-corrected chi connectivity index (χ2v) is 8.60. The van der Waals surface area contributed by atoms with E-state index in [1.54, 1.807) is 6.92 Å². The van der Waals surface area contributed by atoms with Crippen LogP contribution in [0.1, 0.15) is 5.56 Å². The van der Waals surface area contributed by atoms with Crippen LogP contribution < -0.4 is 14.8 Å². The second-order valence-electron chi connectivity index (χ2n) is 6.51. The van der Waals surface area contributed by atoms with Crippen molar-refractivity contribution in [1.29, 1.82) is 0 Å². The number of amides is 1. The van der Waals surface area contributed by atoms with Gasteiger partial charge in [-0.25, -0.2) is 17.2 Å². The Bertz CT molecular complexity index is 1220. The van der Waals surface area contributed by atoms with E-state index in [1.165, 1.54) is 42.5 Å². The highest BCUT2D eigenvalue weighted by Gasteiger charge is 2.16. The zero-order valence-corrected chi connectivity index (χ0v) is 17.7. The first-order chi connectivity index (χ1) is 14.6. The normalized spacial score (nSPS) is 11.1. The summed E-state index contributed by atoms with van der Waals surface area (Å²) in [5.41, 5.74) is 1.02. The Balaban J connectivity index is 1.64. The van der Waals surface area contributed by atoms with Crippen LogP contribution in [-0.2, 0) is 14.8 Å². The van der Waals surface area contributed by atoms with Crippen LogP contribution in [-0.4, -0.2) is 20.9 Å². The summed E-state index contributed by atoms with van der Waals surface area (Å²) in [4.78, 5) is 12.0. The maximum Gasteiger partial charge on any atom is 0.262 e. The highest BCUT2D eigenvalue weighted by molar-refractivity contribution is 7.92. The van der Waals surface area contributed by atoms with Gasteiger partial charge in [-0.1, -0.05) is 11.6 Å². The van der Waals surface area contributed by atoms with Crippen LogP contribution in [0, 0.1) is 18.6 Å². The van der Waals surface area contributed by atoms with Gasteiger partial charge in [-0.3, -0.25) is 9.52 Å². The molecular weight excluding hydrogens is 450 g/mol. The fourth-order valence-electron chi connectivity index (χ4n) is 2.60. The lowest BCUT2D eigenvalue weighted by atomic mass is 10.2. The molecule has 0 saturated heterocycles. The molecule has 0 aliphatic rings. The molecular formula is C21H17ClF2N2O4S. The Morgan fingerprint density at radius 3 is 2.32 bits per heavy atom. The topological polar surface area (TPSA) is 84.5 Å². The average molecular weight is 467 g/mol. The minimum atomic E-state index is -3.90. The molecule has 31 heavy (non-hydrogen) atoms. The maximum atomic E-state index is 13.2. The molecule has 0 aliphatic heterocycles. The molecule has 3 aromatic carbocycles. The molecule has 0 fully saturated rings. The van der Waals surface area contributed by atoms with Gasteiger partial charge in [0.05, 0.1) is 9.92 Å². The number of hydrogen-bond donors (Lipinski definition) is 2. The standard InChI is InChI=1S/C21H17ClF2N2O4S/c1-13-10-17(31(28,29)26-15-4-2-14(23)3-5-15)7-9-20(13)30-12-21(27)25-16-6-8-19(24)18(22)11-16/h2-11,26H,12H2,1H3,(H,25,27). The van der Waals surface area contributed by atoms with Gasteiger partial charge >= 0.3 is 0 Å². The highest BCUT2D eigenvalue weighted by Crippen LogP contribution is 2.24. The minimum absolute atomic E-state index is 0.0212. The minimum Gasteiger partial charge on any atom is -0.483 e. The van der Waals surface area contributed by atoms with Crippen molar-refractivity contribution in [3.8, 4) is 5.75 Å². The summed E-state index contributed by atoms with van der Waals surface area (Å²) in [6.45, 7) is 1.28. The quantitative estimate of drug-likeness (QED) is 0.526. The summed E-state index contributed by atoms with van der Waals surface area (Å²) >= 11 is 5.67. The van der Waals surface area contributed by atoms with E-state index >= 15 is 0 Å². The lowest BCUT2D eigenvalue weighted by molar-refractivity contribution is -0.118. The van der Waals surface area contributed by atoms with Crippen LogP contribution in [0.4, 0.5) is 20.2 Å². The van der Waals surface area contributed by atoms with E-state index in [4.69, 9.17) is 16.3 Å². The first-order valence-electron chi connectivity index (χ1n) is 8.91. The molecule has 0 spiro atoms. The summed E-state index contributed by atoms with van der Waals surface area (Å²) in [5, 5.41) is 2.39. The summed E-state index contributed by atoms with van der Waals surface area (Å²) in [6.07, 6.45) is 0. The fourth-order valence-corrected chi connectivity index (χ4v) is 3.92. The molecule has 0 aliphatic carbocycles. The van der Waals surface area contributed by atoms with E-state index in [2.05, 4.69) is 10.0 Å². The van der Waals surface area contributed by atoms with Crippen LogP contribution in [0.3, 0.4) is 0 Å². The molecule has 0 radical (unpaired) electrons. The van der Waals surface area contributed by atoms with E-state index in [0.717, 1.165) is 18.2 Å². The van der Waals surface area contributed by atoms with Gasteiger partial charge in [0.1, 0.15) is 17.4 Å². The van der Waals surface area contributed by atoms with Gasteiger partial charge in [0, 0.05) is 11.4 Å². The predicted octanol–water partition coefficient (Wildman–Crippen LogP) is 4.74. The van der Waals surface area contributed by atoms with Gasteiger partial charge in [0.25, 0.3) is 15.9 Å². The number of rotatable bonds is 7. The molecule has 6 nitrogen and oxygen atoms in total. The first kappa shape index (κ1) is 22.5. The number of aryl methyl sites for hydroxylation is 1. The van der Waals surface area contributed by atoms with Crippen LogP contribution in [0.2, 0.25) is 5.02 Å². The largest absolute Gasteiger partial charge is 0.483 e. The number of carbonyl (C=O) groups excluding carboxylic acids is 1. The Kier molecular flexibility index (Phi) is 6.77. The fraction of sp³-hybridized carbons (Fsp3) is 0.0952. The molecule has 0 saturated carbocycles. The molecule has 0 unspecified atom stereocenters. The molecule has 1 amide bonds. The van der Waals surface area contributed by atoms with Crippen molar-refractivity contribution in [2.75, 3.05) is 16.6 Å². The van der Waals surface area contributed by atoms with Gasteiger partial charge in [0.2, 0.25) is 0 Å². The summed E-state index contributed by atoms with van der Waals surface area (Å²) in [5.74, 6) is -1.27. The number of hydrogen-bond acceptors (Lipinski definition) is 4. The maximum absolute atomic E-state index is 13.2. The summed E-state index contributed by atoms with van der Waals surface area (Å²) < 4.78 is 59.0. The molecule has 0 aromatic heterocycles. The van der Waals surface area contributed by atoms with Crippen molar-refractivity contribution in [1.82, 2.24) is 0 Å². The third-order valence-electron chi connectivity index (χ3n) is 4.12. The third kappa shape index (κ3) is 5.93. The lowest BCUT2D eigenvalue weighted by Crippen LogP contribution is -2.20. The van der Waals surface area contributed by atoms with E-state index in [0.29, 0.717) is 17.0 Å². The predicted molar refractivity (Wildman–Crippen MR) is 114 cm³/mol. The van der Waals surface area contributed by atoms with Gasteiger partial charge < -0.3 is 10.1 Å². The molecule has 0 heterocycles. The van der Waals surface area contributed by atoms with Crippen molar-refractivity contribution in [2.45, 2.75) is 11.8 Å². The zero-order valence-electron chi connectivity index (χ0n) is 16.2. The Morgan fingerprint density at radius 1 is 1.00 bits per heavy atom. The van der Waals surface area contributed by atoms with Crippen molar-refractivity contribution in [3.05, 3.63) is 82.9 Å². The van der Waals surface area contributed by atoms with Crippen LogP contribution in [0.15, 0.2) is 65.6 Å². The summed E-state index contributed by atoms with van der Waals surface area (Å²) in [7, 11) is -3.90. The molecule has 3 rings (SSSR count). The summed E-state index contributed by atoms with van der Waals surface area (Å²) in [6, 6.07) is 12.8. The zero-order chi connectivity index (χ0) is 22.6. The van der Waals surface area contributed by atoms with Crippen LogP contribution in [0.25, 0.3) is 0 Å². The number of ether oxygens (including phenoxy) is 1. The number of carbonyl (C=O) groups is 1. The molecule has 2 N–H and O–H groups in total. The van der Waals surface area contributed by atoms with E-state index in [-0.39, 0.29) is 22.2 Å². The monoisotopic (exact) mass is 466 g/mol. The first-order valence-corrected chi connectivity index (χ1v) is 10.8. The smallest absolute Gasteiger partial charge is 0.262 e. The lowest BCUT2D eigenvalue weighted by Gasteiger charge is -2.12. The highest BCUT2D eigenvalue weighted by atomic mass is 35.5. The van der Waals surface area contributed by atoms with E-state index < -0.39 is 27.6 Å². The Morgan fingerprint density at radius 2 is 1.68 bits per heavy atom. The van der Waals surface area contributed by atoms with Crippen LogP contribution >= 0.6 is 11.6 Å². The van der Waals surface area contributed by atoms with Crippen molar-refractivity contribution in [3.63, 3.8) is 0 Å². The number of benzene rings is 3. The molecule has 3 aromatic rings. The average Bonchev–Trinajstić information content (AvgIpc) is 2.71. The SMILES string of the molecule is Cc1cc(S(=O)(=O)Nc2ccc(F)cc2)ccc1OCC(=O)Nc1ccc(F)c(Cl)c1. The third-order valence-corrected chi connectivity index (χ3v) is 5.78. The van der Waals surface area contributed by atoms with Gasteiger partial charge in [-0.15, -0.1) is 0 Å². The number of nitrogens with one attached hydrogen (secondary N) is 2. The van der Waals surface area contributed by atoms with Crippen LogP contribution in [0.5, 0.6) is 5.75 Å². The Labute approximate surface area is 182 Å². The number of anilines is 2. The molecule has 10 heteroatoms. The van der Waals surface area contributed by atoms with Crippen molar-refractivity contribution < 1.29 is 26.7 Å². The number of sulfonamides is 1. The molecule has 0 atom stereocenters.